The van der Waals surface area contributed by atoms with Gasteiger partial charge in [0.25, 0.3) is 0 Å². The predicted molar refractivity (Wildman–Crippen MR) is 145 cm³/mol. The lowest BCUT2D eigenvalue weighted by atomic mass is 9.99. The quantitative estimate of drug-likeness (QED) is 0.421. The van der Waals surface area contributed by atoms with E-state index in [2.05, 4.69) is 83.0 Å². The van der Waals surface area contributed by atoms with Gasteiger partial charge in [-0.15, -0.1) is 24.8 Å². The maximum absolute atomic E-state index is 6.26. The summed E-state index contributed by atoms with van der Waals surface area (Å²) in [6.07, 6.45) is 2.34. The van der Waals surface area contributed by atoms with Crippen molar-refractivity contribution >= 4 is 24.8 Å². The summed E-state index contributed by atoms with van der Waals surface area (Å²) < 4.78 is 6.26. The van der Waals surface area contributed by atoms with Crippen molar-refractivity contribution in [2.75, 3.05) is 26.2 Å². The molecule has 3 aromatic rings. The summed E-state index contributed by atoms with van der Waals surface area (Å²) in [4.78, 5) is 2.47. The zero-order valence-corrected chi connectivity index (χ0v) is 21.1. The van der Waals surface area contributed by atoms with Crippen LogP contribution in [0.3, 0.4) is 0 Å². The van der Waals surface area contributed by atoms with Crippen molar-refractivity contribution in [3.8, 4) is 16.9 Å². The predicted octanol–water partition coefficient (Wildman–Crippen LogP) is 5.25. The first-order chi connectivity index (χ1) is 15.8. The fraction of sp³-hybridized carbons (Fsp3) is 0.357. The Kier molecular flexibility index (Phi) is 9.81. The fourth-order valence-electron chi connectivity index (χ4n) is 4.75. The summed E-state index contributed by atoms with van der Waals surface area (Å²) in [5.74, 6) is 1.53. The Morgan fingerprint density at radius 2 is 1.68 bits per heavy atom. The molecular weight excluding hydrogens is 465 g/mol. The van der Waals surface area contributed by atoms with E-state index in [1.807, 2.05) is 6.07 Å². The Bertz CT molecular complexity index is 1020. The van der Waals surface area contributed by atoms with Crippen LogP contribution in [-0.4, -0.2) is 43.2 Å². The number of likely N-dealkylation sites (tertiary alicyclic amines) is 1. The molecule has 34 heavy (non-hydrogen) atoms. The lowest BCUT2D eigenvalue weighted by Gasteiger charge is -2.16. The molecule has 182 valence electrons. The van der Waals surface area contributed by atoms with Crippen LogP contribution in [0.25, 0.3) is 11.1 Å². The second-order valence-corrected chi connectivity index (χ2v) is 9.15. The molecule has 1 aliphatic carbocycles. The second-order valence-electron chi connectivity index (χ2n) is 9.15. The molecule has 0 amide bonds. The third kappa shape index (κ3) is 6.74. The zero-order valence-electron chi connectivity index (χ0n) is 19.4. The van der Waals surface area contributed by atoms with Crippen LogP contribution < -0.4 is 15.8 Å². The summed E-state index contributed by atoms with van der Waals surface area (Å²) in [5.41, 5.74) is 11.0. The number of ether oxygens (including phenoxy) is 1. The van der Waals surface area contributed by atoms with Gasteiger partial charge in [0.1, 0.15) is 12.4 Å². The van der Waals surface area contributed by atoms with Gasteiger partial charge in [0.05, 0.1) is 0 Å². The monoisotopic (exact) mass is 499 g/mol. The third-order valence-electron chi connectivity index (χ3n) is 6.69. The van der Waals surface area contributed by atoms with E-state index in [9.17, 15) is 0 Å². The molecule has 3 aromatic carbocycles. The van der Waals surface area contributed by atoms with Crippen molar-refractivity contribution in [1.82, 2.24) is 10.2 Å². The minimum absolute atomic E-state index is 0. The molecule has 2 fully saturated rings. The van der Waals surface area contributed by atoms with Gasteiger partial charge in [-0.1, -0.05) is 66.7 Å². The largest absolute Gasteiger partial charge is 0.488 e. The Labute approximate surface area is 215 Å². The highest BCUT2D eigenvalue weighted by Crippen LogP contribution is 2.43. The van der Waals surface area contributed by atoms with Crippen LogP contribution in [0.4, 0.5) is 0 Å². The number of nitrogens with zero attached hydrogens (tertiary/aromatic N) is 1. The Balaban J connectivity index is 0.00000162. The molecule has 0 bridgehead atoms. The Morgan fingerprint density at radius 3 is 2.38 bits per heavy atom. The first-order valence-electron chi connectivity index (χ1n) is 11.8. The molecule has 0 radical (unpaired) electrons. The van der Waals surface area contributed by atoms with Crippen molar-refractivity contribution in [3.05, 3.63) is 90.0 Å². The SMILES string of the molecule is Cl.Cl.N[C@@H]1CCN(CCN[C@H]2CC2c2ccc(OCc3ccccc3)c(-c3ccccc3)c2)C1. The van der Waals surface area contributed by atoms with E-state index < -0.39 is 0 Å². The molecule has 1 saturated carbocycles. The van der Waals surface area contributed by atoms with Gasteiger partial charge in [-0.05, 0) is 48.2 Å². The number of hydrogen-bond donors (Lipinski definition) is 2. The average molecular weight is 501 g/mol. The molecule has 4 nitrogen and oxygen atoms in total. The van der Waals surface area contributed by atoms with E-state index >= 15 is 0 Å². The molecule has 1 heterocycles. The van der Waals surface area contributed by atoms with E-state index in [0.29, 0.717) is 24.6 Å². The standard InChI is InChI=1S/C28H33N3O.2ClH/c29-24-13-15-31(19-24)16-14-30-27-18-25(27)23-11-12-28(32-20-21-7-3-1-4-8-21)26(17-23)22-9-5-2-6-10-22;;/h1-12,17,24-25,27,30H,13-16,18-20,29H2;2*1H/t24-,25?,27+;;/m1../s1. The van der Waals surface area contributed by atoms with Crippen molar-refractivity contribution in [3.63, 3.8) is 0 Å². The van der Waals surface area contributed by atoms with Gasteiger partial charge in [0.15, 0.2) is 0 Å². The van der Waals surface area contributed by atoms with Gasteiger partial charge in [-0.2, -0.15) is 0 Å². The van der Waals surface area contributed by atoms with Gasteiger partial charge >= 0.3 is 0 Å². The molecule has 6 heteroatoms. The van der Waals surface area contributed by atoms with Crippen molar-refractivity contribution in [1.29, 1.82) is 0 Å². The van der Waals surface area contributed by atoms with E-state index in [-0.39, 0.29) is 24.8 Å². The van der Waals surface area contributed by atoms with E-state index in [0.717, 1.165) is 38.3 Å². The number of nitrogens with two attached hydrogens (primary N) is 1. The van der Waals surface area contributed by atoms with Gasteiger partial charge in [0.2, 0.25) is 0 Å². The highest BCUT2D eigenvalue weighted by Gasteiger charge is 2.38. The highest BCUT2D eigenvalue weighted by atomic mass is 35.5. The number of hydrogen-bond acceptors (Lipinski definition) is 4. The van der Waals surface area contributed by atoms with Crippen LogP contribution in [0.15, 0.2) is 78.9 Å². The van der Waals surface area contributed by atoms with E-state index in [4.69, 9.17) is 10.5 Å². The molecule has 1 aliphatic heterocycles. The number of halogens is 2. The van der Waals surface area contributed by atoms with Crippen molar-refractivity contribution in [2.45, 2.75) is 37.5 Å². The minimum Gasteiger partial charge on any atom is -0.488 e. The van der Waals surface area contributed by atoms with Crippen LogP contribution in [0.1, 0.15) is 29.9 Å². The number of nitrogens with one attached hydrogen (secondary N) is 1. The first-order valence-corrected chi connectivity index (χ1v) is 11.8. The molecule has 5 rings (SSSR count). The van der Waals surface area contributed by atoms with Gasteiger partial charge in [-0.25, -0.2) is 0 Å². The first kappa shape index (κ1) is 26.5. The topological polar surface area (TPSA) is 50.5 Å². The van der Waals surface area contributed by atoms with E-state index in [1.165, 1.54) is 28.7 Å². The summed E-state index contributed by atoms with van der Waals surface area (Å²) in [6.45, 7) is 4.90. The summed E-state index contributed by atoms with van der Waals surface area (Å²) in [7, 11) is 0. The minimum atomic E-state index is 0. The maximum Gasteiger partial charge on any atom is 0.127 e. The highest BCUT2D eigenvalue weighted by molar-refractivity contribution is 5.85. The third-order valence-corrected chi connectivity index (χ3v) is 6.69. The molecule has 1 saturated heterocycles. The molecule has 3 N–H and O–H groups in total. The van der Waals surface area contributed by atoms with Crippen LogP contribution >= 0.6 is 24.8 Å². The van der Waals surface area contributed by atoms with Crippen LogP contribution in [0, 0.1) is 0 Å². The van der Waals surface area contributed by atoms with Crippen LogP contribution in [0.2, 0.25) is 0 Å². The molecule has 1 unspecified atom stereocenters. The van der Waals surface area contributed by atoms with E-state index in [1.54, 1.807) is 0 Å². The lowest BCUT2D eigenvalue weighted by Crippen LogP contribution is -2.33. The summed E-state index contributed by atoms with van der Waals surface area (Å²) in [6, 6.07) is 28.6. The fourth-order valence-corrected chi connectivity index (χ4v) is 4.75. The zero-order chi connectivity index (χ0) is 21.8. The summed E-state index contributed by atoms with van der Waals surface area (Å²) in [5, 5.41) is 3.75. The molecule has 0 spiro atoms. The van der Waals surface area contributed by atoms with Gasteiger partial charge in [-0.3, -0.25) is 0 Å². The molecule has 3 atom stereocenters. The van der Waals surface area contributed by atoms with Crippen LogP contribution in [0.5, 0.6) is 5.75 Å². The Morgan fingerprint density at radius 1 is 0.941 bits per heavy atom. The van der Waals surface area contributed by atoms with Crippen molar-refractivity contribution in [2.24, 2.45) is 5.73 Å². The Hall–Kier alpha value is -2.08. The number of benzene rings is 3. The molecular formula is C28H35Cl2N3O. The van der Waals surface area contributed by atoms with Gasteiger partial charge in [0, 0.05) is 43.2 Å². The number of rotatable bonds is 9. The van der Waals surface area contributed by atoms with Crippen molar-refractivity contribution < 1.29 is 4.74 Å². The lowest BCUT2D eigenvalue weighted by molar-refractivity contribution is 0.307. The summed E-state index contributed by atoms with van der Waals surface area (Å²) >= 11 is 0. The van der Waals surface area contributed by atoms with Gasteiger partial charge < -0.3 is 20.7 Å². The smallest absolute Gasteiger partial charge is 0.127 e. The maximum atomic E-state index is 6.26. The normalized spacial score (nSPS) is 21.4. The second kappa shape index (κ2) is 12.6. The molecule has 0 aromatic heterocycles. The molecule has 2 aliphatic rings. The average Bonchev–Trinajstić information content (AvgIpc) is 3.50. The van der Waals surface area contributed by atoms with Crippen LogP contribution in [-0.2, 0) is 6.61 Å².